The molecule has 0 saturated carbocycles. The van der Waals surface area contributed by atoms with E-state index in [1.165, 1.54) is 26.0 Å². The second kappa shape index (κ2) is 5.00. The Morgan fingerprint density at radius 3 is 1.50 bits per heavy atom. The van der Waals surface area contributed by atoms with Gasteiger partial charge in [0.25, 0.3) is 0 Å². The highest BCUT2D eigenvalue weighted by molar-refractivity contribution is 6.01. The molecule has 2 amide bonds. The summed E-state index contributed by atoms with van der Waals surface area (Å²) in [6.07, 6.45) is 0. The molecular formula is C12H12N4O4. The van der Waals surface area contributed by atoms with Crippen molar-refractivity contribution in [2.75, 3.05) is 10.6 Å². The highest BCUT2D eigenvalue weighted by Gasteiger charge is 2.09. The maximum atomic E-state index is 11.3. The molecule has 8 heteroatoms. The monoisotopic (exact) mass is 276 g/mol. The molecule has 1 heterocycles. The number of rotatable bonds is 2. The van der Waals surface area contributed by atoms with E-state index in [0.29, 0.717) is 22.4 Å². The molecule has 0 unspecified atom stereocenters. The summed E-state index contributed by atoms with van der Waals surface area (Å²) in [6, 6.07) is 2.92. The number of fused-ring (bicyclic) bond motifs is 1. The molecule has 0 spiro atoms. The third kappa shape index (κ3) is 2.74. The van der Waals surface area contributed by atoms with Gasteiger partial charge in [-0.25, -0.2) is 0 Å². The van der Waals surface area contributed by atoms with E-state index in [1.807, 2.05) is 0 Å². The zero-order valence-corrected chi connectivity index (χ0v) is 10.8. The van der Waals surface area contributed by atoms with Crippen molar-refractivity contribution in [3.05, 3.63) is 32.8 Å². The predicted molar refractivity (Wildman–Crippen MR) is 73.8 cm³/mol. The highest BCUT2D eigenvalue weighted by Crippen LogP contribution is 2.25. The Balaban J connectivity index is 2.70. The molecule has 0 fully saturated rings. The van der Waals surface area contributed by atoms with Crippen molar-refractivity contribution in [2.45, 2.75) is 13.8 Å². The van der Waals surface area contributed by atoms with Crippen molar-refractivity contribution < 1.29 is 9.59 Å². The second-order valence-electron chi connectivity index (χ2n) is 4.21. The van der Waals surface area contributed by atoms with Gasteiger partial charge in [-0.2, -0.15) is 0 Å². The summed E-state index contributed by atoms with van der Waals surface area (Å²) in [5, 5.41) is 5.07. The Hall–Kier alpha value is -2.90. The topological polar surface area (TPSA) is 124 Å². The summed E-state index contributed by atoms with van der Waals surface area (Å²) in [4.78, 5) is 49.6. The van der Waals surface area contributed by atoms with Gasteiger partial charge in [0.2, 0.25) is 11.8 Å². The molecule has 0 atom stereocenters. The van der Waals surface area contributed by atoms with Crippen LogP contribution in [-0.4, -0.2) is 21.8 Å². The van der Waals surface area contributed by atoms with Gasteiger partial charge in [-0.3, -0.25) is 19.2 Å². The van der Waals surface area contributed by atoms with Crippen molar-refractivity contribution >= 4 is 34.2 Å². The average Bonchev–Trinajstić information content (AvgIpc) is 2.31. The summed E-state index contributed by atoms with van der Waals surface area (Å²) in [6.45, 7) is 2.63. The number of amides is 2. The molecule has 0 aliphatic rings. The maximum Gasteiger partial charge on any atom is 0.314 e. The van der Waals surface area contributed by atoms with Gasteiger partial charge in [0, 0.05) is 13.8 Å². The number of aromatic nitrogens is 2. The number of carbonyl (C=O) groups excluding carboxylic acids is 2. The largest absolute Gasteiger partial charge is 0.324 e. The van der Waals surface area contributed by atoms with Crippen LogP contribution in [0.15, 0.2) is 21.7 Å². The van der Waals surface area contributed by atoms with Crippen molar-refractivity contribution in [2.24, 2.45) is 0 Å². The number of aromatic amines is 2. The number of H-pyrrole nitrogens is 2. The lowest BCUT2D eigenvalue weighted by Crippen LogP contribution is -2.29. The lowest BCUT2D eigenvalue weighted by Gasteiger charge is -2.11. The molecule has 0 radical (unpaired) electrons. The van der Waals surface area contributed by atoms with Crippen molar-refractivity contribution in [3.8, 4) is 0 Å². The van der Waals surface area contributed by atoms with Crippen LogP contribution in [0, 0.1) is 0 Å². The molecular weight excluding hydrogens is 264 g/mol. The summed E-state index contributed by atoms with van der Waals surface area (Å²) in [7, 11) is 0. The molecule has 0 aliphatic carbocycles. The Morgan fingerprint density at radius 1 is 0.850 bits per heavy atom. The van der Waals surface area contributed by atoms with E-state index in [9.17, 15) is 19.2 Å². The van der Waals surface area contributed by atoms with Crippen molar-refractivity contribution in [1.29, 1.82) is 0 Å². The Bertz CT molecular complexity index is 750. The summed E-state index contributed by atoms with van der Waals surface area (Å²) in [5.41, 5.74) is -0.261. The molecule has 8 nitrogen and oxygen atoms in total. The van der Waals surface area contributed by atoms with E-state index in [2.05, 4.69) is 20.6 Å². The van der Waals surface area contributed by atoms with Crippen LogP contribution in [0.1, 0.15) is 13.8 Å². The van der Waals surface area contributed by atoms with Gasteiger partial charge in [-0.05, 0) is 12.1 Å². The first-order valence-corrected chi connectivity index (χ1v) is 5.72. The first-order chi connectivity index (χ1) is 9.36. The third-order valence-corrected chi connectivity index (χ3v) is 2.48. The molecule has 2 aromatic rings. The van der Waals surface area contributed by atoms with Crippen LogP contribution in [0.2, 0.25) is 0 Å². The van der Waals surface area contributed by atoms with Gasteiger partial charge >= 0.3 is 11.1 Å². The summed E-state index contributed by atoms with van der Waals surface area (Å²) >= 11 is 0. The Labute approximate surface area is 112 Å². The molecule has 0 saturated heterocycles. The van der Waals surface area contributed by atoms with Crippen LogP contribution >= 0.6 is 0 Å². The molecule has 4 N–H and O–H groups in total. The van der Waals surface area contributed by atoms with Crippen LogP contribution < -0.4 is 21.8 Å². The van der Waals surface area contributed by atoms with E-state index < -0.39 is 11.1 Å². The smallest absolute Gasteiger partial charge is 0.314 e. The van der Waals surface area contributed by atoms with Crippen molar-refractivity contribution in [1.82, 2.24) is 9.97 Å². The van der Waals surface area contributed by atoms with E-state index >= 15 is 0 Å². The highest BCUT2D eigenvalue weighted by atomic mass is 16.2. The quantitative estimate of drug-likeness (QED) is 0.582. The van der Waals surface area contributed by atoms with Crippen LogP contribution in [0.4, 0.5) is 11.4 Å². The van der Waals surface area contributed by atoms with E-state index in [4.69, 9.17) is 0 Å². The Kier molecular flexibility index (Phi) is 3.38. The molecule has 1 aromatic heterocycles. The van der Waals surface area contributed by atoms with Gasteiger partial charge in [0.1, 0.15) is 0 Å². The average molecular weight is 276 g/mol. The van der Waals surface area contributed by atoms with E-state index in [0.717, 1.165) is 0 Å². The minimum absolute atomic E-state index is 0.322. The minimum Gasteiger partial charge on any atom is -0.324 e. The number of anilines is 2. The summed E-state index contributed by atoms with van der Waals surface area (Å²) < 4.78 is 0. The fourth-order valence-corrected chi connectivity index (χ4v) is 1.75. The first kappa shape index (κ1) is 13.5. The van der Waals surface area contributed by atoms with Gasteiger partial charge in [0.15, 0.2) is 0 Å². The maximum absolute atomic E-state index is 11.3. The van der Waals surface area contributed by atoms with Crippen LogP contribution in [-0.2, 0) is 9.59 Å². The number of benzene rings is 1. The van der Waals surface area contributed by atoms with Gasteiger partial charge in [0.05, 0.1) is 22.4 Å². The number of carbonyl (C=O) groups is 2. The first-order valence-electron chi connectivity index (χ1n) is 5.72. The molecule has 0 aliphatic heterocycles. The van der Waals surface area contributed by atoms with Crippen LogP contribution in [0.3, 0.4) is 0 Å². The number of hydrogen-bond donors (Lipinski definition) is 4. The number of hydrogen-bond acceptors (Lipinski definition) is 4. The van der Waals surface area contributed by atoms with Gasteiger partial charge in [-0.1, -0.05) is 0 Å². The molecule has 20 heavy (non-hydrogen) atoms. The standard InChI is InChI=1S/C12H12N4O4/c1-5(17)13-7-3-9-10(4-8(7)14-6(2)18)16-12(20)11(19)15-9/h3-4H,1-2H3,(H,13,17)(H,14,18)(H,15,19)(H,16,20). The van der Waals surface area contributed by atoms with Crippen molar-refractivity contribution in [3.63, 3.8) is 0 Å². The molecule has 104 valence electrons. The molecule has 2 rings (SSSR count). The third-order valence-electron chi connectivity index (χ3n) is 2.48. The van der Waals surface area contributed by atoms with Crippen LogP contribution in [0.25, 0.3) is 11.0 Å². The summed E-state index contributed by atoms with van der Waals surface area (Å²) in [5.74, 6) is -0.662. The predicted octanol–water partition coefficient (Wildman–Crippen LogP) is 0.133. The van der Waals surface area contributed by atoms with E-state index in [-0.39, 0.29) is 11.8 Å². The van der Waals surface area contributed by atoms with Gasteiger partial charge < -0.3 is 20.6 Å². The fraction of sp³-hybridized carbons (Fsp3) is 0.167. The lowest BCUT2D eigenvalue weighted by atomic mass is 10.2. The minimum atomic E-state index is -0.793. The number of nitrogens with one attached hydrogen (secondary N) is 4. The Morgan fingerprint density at radius 2 is 1.20 bits per heavy atom. The zero-order chi connectivity index (χ0) is 14.9. The SMILES string of the molecule is CC(=O)Nc1cc2[nH]c(=O)c(=O)[nH]c2cc1NC(C)=O. The normalized spacial score (nSPS) is 10.3. The fourth-order valence-electron chi connectivity index (χ4n) is 1.75. The lowest BCUT2D eigenvalue weighted by molar-refractivity contribution is -0.115. The molecule has 0 bridgehead atoms. The van der Waals surface area contributed by atoms with Gasteiger partial charge in [-0.15, -0.1) is 0 Å². The zero-order valence-electron chi connectivity index (χ0n) is 10.8. The molecule has 1 aromatic carbocycles. The second-order valence-corrected chi connectivity index (χ2v) is 4.21. The van der Waals surface area contributed by atoms with E-state index in [1.54, 1.807) is 0 Å². The van der Waals surface area contributed by atoms with Crippen LogP contribution in [0.5, 0.6) is 0 Å².